The summed E-state index contributed by atoms with van der Waals surface area (Å²) in [6.45, 7) is 0. The van der Waals surface area contributed by atoms with E-state index in [1.54, 1.807) is 0 Å². The van der Waals surface area contributed by atoms with Crippen molar-refractivity contribution < 1.29 is 0 Å². The van der Waals surface area contributed by atoms with Crippen LogP contribution >= 0.6 is 0 Å². The Morgan fingerprint density at radius 3 is 0.783 bits per heavy atom. The summed E-state index contributed by atoms with van der Waals surface area (Å²) in [5.41, 5.74) is 24.0. The van der Waals surface area contributed by atoms with Crippen LogP contribution in [0.1, 0.15) is 0 Å². The van der Waals surface area contributed by atoms with Gasteiger partial charge in [-0.2, -0.15) is 0 Å². The minimum absolute atomic E-state index is 1.15. The molecule has 26 aromatic rings. The van der Waals surface area contributed by atoms with Gasteiger partial charge in [-0.05, 0) is 241 Å². The largest absolute Gasteiger partial charge is 0.309 e. The van der Waals surface area contributed by atoms with Crippen molar-refractivity contribution in [3.63, 3.8) is 0 Å². The van der Waals surface area contributed by atoms with Gasteiger partial charge in [0.05, 0.1) is 55.5 Å². The molecule has 4 heterocycles. The zero-order valence-electron chi connectivity index (χ0n) is 65.4. The second kappa shape index (κ2) is 26.9. The molecule has 0 aliphatic rings. The Bertz CT molecular complexity index is 8790. The number of hydrogen-bond acceptors (Lipinski definition) is 0. The third-order valence-electron chi connectivity index (χ3n) is 25.8. The SMILES string of the molecule is c1cc(-c2ccc3c(ccc4c5ccccc5ccc34)c2)cc(-n2c3ccccc3c3cc(-c4ccc5c(c4)c4ccccc4n5-c4cccc5ccccc45)ccc32)c1.c1ccc2c(-n3c4ccccc4c4cc(-c5ccc6c(c5)c5ccccc5n6-c5ccc(-c6ccc7c(ccc8c9ccccc9ccc78)c6)cc5)ccc43)cccc2c1. The second-order valence-corrected chi connectivity index (χ2v) is 32.2. The molecular formula is C116H72N4. The Kier molecular flexibility index (Phi) is 15.1. The Morgan fingerprint density at radius 1 is 0.108 bits per heavy atom. The van der Waals surface area contributed by atoms with Crippen LogP contribution < -0.4 is 0 Å². The zero-order valence-corrected chi connectivity index (χ0v) is 65.4. The highest BCUT2D eigenvalue weighted by atomic mass is 15.0. The standard InChI is InChI=1S/2C58H36N2/c1-3-16-45-38(12-1)23-29-49-46-28-24-40(33-43(46)25-30-48(45)49)39-14-9-15-44(34-39)59-55-20-7-5-18-50(55)52-35-41(26-31-57(52)59)42-27-32-58-53(36-42)51-19-6-8-21-56(51)60(58)54-22-10-13-37-11-2-4-17-47(37)54;1-3-13-45-39(11-1)22-30-49-46-29-23-40(34-43(46)24-31-48(45)49)37-20-27-44(28-21-37)59-55-17-7-5-15-50(55)52-35-41(25-32-57(52)59)42-26-33-58-53(36-42)51-16-6-8-18-56(51)60(58)54-19-9-12-38-10-2-4-14-47(38)54/h2*1-36H. The van der Waals surface area contributed by atoms with Gasteiger partial charge in [0.1, 0.15) is 0 Å². The van der Waals surface area contributed by atoms with E-state index in [1.165, 1.54) is 229 Å². The third-order valence-corrected chi connectivity index (χ3v) is 25.8. The van der Waals surface area contributed by atoms with E-state index in [9.17, 15) is 0 Å². The predicted octanol–water partition coefficient (Wildman–Crippen LogP) is 31.7. The van der Waals surface area contributed by atoms with Crippen molar-refractivity contribution >= 4 is 173 Å². The molecule has 0 saturated heterocycles. The summed E-state index contributed by atoms with van der Waals surface area (Å²) < 4.78 is 9.71. The maximum absolute atomic E-state index is 2.43. The first-order chi connectivity index (χ1) is 59.5. The van der Waals surface area contributed by atoms with Gasteiger partial charge in [-0.25, -0.2) is 0 Å². The fourth-order valence-corrected chi connectivity index (χ4v) is 20.1. The van der Waals surface area contributed by atoms with Crippen LogP contribution in [0.25, 0.3) is 241 Å². The van der Waals surface area contributed by atoms with Crippen molar-refractivity contribution in [2.24, 2.45) is 0 Å². The van der Waals surface area contributed by atoms with E-state index in [0.717, 1.165) is 11.4 Å². The molecule has 4 aromatic heterocycles. The van der Waals surface area contributed by atoms with E-state index in [-0.39, 0.29) is 0 Å². The van der Waals surface area contributed by atoms with Gasteiger partial charge in [-0.15, -0.1) is 0 Å². The molecule has 4 heteroatoms. The lowest BCUT2D eigenvalue weighted by molar-refractivity contribution is 1.18. The average molecular weight is 1520 g/mol. The maximum Gasteiger partial charge on any atom is 0.0541 e. The van der Waals surface area contributed by atoms with Gasteiger partial charge in [-0.1, -0.05) is 315 Å². The van der Waals surface area contributed by atoms with Crippen molar-refractivity contribution in [1.29, 1.82) is 0 Å². The minimum Gasteiger partial charge on any atom is -0.309 e. The summed E-state index contributed by atoms with van der Waals surface area (Å²) in [7, 11) is 0. The van der Waals surface area contributed by atoms with Gasteiger partial charge in [0.2, 0.25) is 0 Å². The van der Waals surface area contributed by atoms with Gasteiger partial charge < -0.3 is 18.3 Å². The predicted molar refractivity (Wildman–Crippen MR) is 512 cm³/mol. The van der Waals surface area contributed by atoms with Crippen LogP contribution in [0.15, 0.2) is 437 Å². The third kappa shape index (κ3) is 10.6. The number of benzene rings is 22. The van der Waals surface area contributed by atoms with Gasteiger partial charge in [0.25, 0.3) is 0 Å². The van der Waals surface area contributed by atoms with Crippen LogP contribution in [0.2, 0.25) is 0 Å². The first-order valence-corrected chi connectivity index (χ1v) is 41.5. The van der Waals surface area contributed by atoms with Crippen molar-refractivity contribution in [3.8, 4) is 67.3 Å². The van der Waals surface area contributed by atoms with E-state index in [1.807, 2.05) is 0 Å². The average Bonchev–Trinajstić information content (AvgIpc) is 1.56. The molecule has 556 valence electrons. The van der Waals surface area contributed by atoms with Crippen LogP contribution in [-0.2, 0) is 0 Å². The smallest absolute Gasteiger partial charge is 0.0541 e. The molecule has 26 rings (SSSR count). The molecule has 0 N–H and O–H groups in total. The molecule has 0 saturated carbocycles. The van der Waals surface area contributed by atoms with Crippen LogP contribution in [0.4, 0.5) is 0 Å². The first kappa shape index (κ1) is 67.5. The lowest BCUT2D eigenvalue weighted by atomic mass is 9.95. The molecule has 0 aliphatic carbocycles. The Hall–Kier alpha value is -15.9. The molecule has 120 heavy (non-hydrogen) atoms. The van der Waals surface area contributed by atoms with Gasteiger partial charge in [0.15, 0.2) is 0 Å². The quantitative estimate of drug-likeness (QED) is 0.135. The zero-order chi connectivity index (χ0) is 78.6. The number of rotatable bonds is 8. The van der Waals surface area contributed by atoms with Crippen LogP contribution in [-0.4, -0.2) is 18.3 Å². The normalized spacial score (nSPS) is 12.0. The lowest BCUT2D eigenvalue weighted by Crippen LogP contribution is -1.95. The second-order valence-electron chi connectivity index (χ2n) is 32.2. The van der Waals surface area contributed by atoms with E-state index >= 15 is 0 Å². The van der Waals surface area contributed by atoms with Gasteiger partial charge >= 0.3 is 0 Å². The highest BCUT2D eigenvalue weighted by molar-refractivity contribution is 6.21. The van der Waals surface area contributed by atoms with Crippen LogP contribution in [0, 0.1) is 0 Å². The van der Waals surface area contributed by atoms with Crippen molar-refractivity contribution in [2.75, 3.05) is 0 Å². The lowest BCUT2D eigenvalue weighted by Gasteiger charge is -2.12. The number of nitrogens with zero attached hydrogens (tertiary/aromatic N) is 4. The summed E-state index contributed by atoms with van der Waals surface area (Å²) in [5.74, 6) is 0. The van der Waals surface area contributed by atoms with E-state index in [4.69, 9.17) is 0 Å². The first-order valence-electron chi connectivity index (χ1n) is 41.5. The fraction of sp³-hybridized carbons (Fsp3) is 0. The number of fused-ring (bicyclic) bond motifs is 24. The van der Waals surface area contributed by atoms with Crippen LogP contribution in [0.5, 0.6) is 0 Å². The van der Waals surface area contributed by atoms with Gasteiger partial charge in [-0.3, -0.25) is 0 Å². The Morgan fingerprint density at radius 2 is 0.367 bits per heavy atom. The van der Waals surface area contributed by atoms with Gasteiger partial charge in [0, 0.05) is 65.2 Å². The monoisotopic (exact) mass is 1520 g/mol. The van der Waals surface area contributed by atoms with Crippen molar-refractivity contribution in [3.05, 3.63) is 437 Å². The molecule has 0 bridgehead atoms. The summed E-state index contributed by atoms with van der Waals surface area (Å²) >= 11 is 0. The number of aromatic nitrogens is 4. The molecule has 0 radical (unpaired) electrons. The number of para-hydroxylation sites is 4. The van der Waals surface area contributed by atoms with E-state index in [2.05, 4.69) is 455 Å². The van der Waals surface area contributed by atoms with Crippen molar-refractivity contribution in [2.45, 2.75) is 0 Å². The molecule has 0 amide bonds. The molecule has 0 atom stereocenters. The summed E-state index contributed by atoms with van der Waals surface area (Å²) in [6, 6.07) is 161. The maximum atomic E-state index is 2.43. The minimum atomic E-state index is 1.15. The molecule has 0 aliphatic heterocycles. The van der Waals surface area contributed by atoms with E-state index < -0.39 is 0 Å². The molecule has 0 fully saturated rings. The van der Waals surface area contributed by atoms with E-state index in [0.29, 0.717) is 0 Å². The fourth-order valence-electron chi connectivity index (χ4n) is 20.1. The van der Waals surface area contributed by atoms with Crippen molar-refractivity contribution in [1.82, 2.24) is 18.3 Å². The summed E-state index contributed by atoms with van der Waals surface area (Å²) in [4.78, 5) is 0. The highest BCUT2D eigenvalue weighted by Crippen LogP contribution is 2.45. The van der Waals surface area contributed by atoms with Crippen LogP contribution in [0.3, 0.4) is 0 Å². The Balaban J connectivity index is 0.000000133. The summed E-state index contributed by atoms with van der Waals surface area (Å²) in [6.07, 6.45) is 0. The Labute approximate surface area is 691 Å². The molecule has 22 aromatic carbocycles. The molecular weight excluding hydrogens is 1450 g/mol. The highest BCUT2D eigenvalue weighted by Gasteiger charge is 2.22. The summed E-state index contributed by atoms with van der Waals surface area (Å²) in [5, 5.41) is 30.4. The molecule has 0 unspecified atom stereocenters. The molecule has 0 spiro atoms. The molecule has 4 nitrogen and oxygen atoms in total. The number of hydrogen-bond donors (Lipinski definition) is 0. The topological polar surface area (TPSA) is 19.7 Å².